The van der Waals surface area contributed by atoms with E-state index in [1.165, 1.54) is 0 Å². The Morgan fingerprint density at radius 1 is 0.760 bits per heavy atom. The van der Waals surface area contributed by atoms with E-state index < -0.39 is 12.2 Å². The number of benzene rings is 2. The molecule has 0 unspecified atom stereocenters. The molecule has 0 aliphatic carbocycles. The minimum atomic E-state index is -0.507. The Morgan fingerprint density at radius 3 is 1.88 bits per heavy atom. The minimum Gasteiger partial charge on any atom is -0.468 e. The minimum absolute atomic E-state index is 0.261. The molecule has 2 aromatic rings. The van der Waals surface area contributed by atoms with E-state index in [2.05, 4.69) is 0 Å². The lowest BCUT2D eigenvalue weighted by Gasteiger charge is -2.30. The van der Waals surface area contributed by atoms with Crippen LogP contribution in [0.3, 0.4) is 0 Å². The number of rotatable bonds is 8. The van der Waals surface area contributed by atoms with Gasteiger partial charge in [-0.25, -0.2) is 0 Å². The van der Waals surface area contributed by atoms with Crippen LogP contribution < -0.4 is 9.47 Å². The molecule has 0 atom stereocenters. The van der Waals surface area contributed by atoms with Gasteiger partial charge >= 0.3 is 0 Å². The molecule has 0 aliphatic rings. The highest BCUT2D eigenvalue weighted by molar-refractivity contribution is 5.51. The van der Waals surface area contributed by atoms with Crippen molar-refractivity contribution in [2.75, 3.05) is 13.6 Å². The normalized spacial score (nSPS) is 11.4. The summed E-state index contributed by atoms with van der Waals surface area (Å²) in [5.74, 6) is 0.910. The summed E-state index contributed by atoms with van der Waals surface area (Å²) in [6.45, 7) is 2.56. The Kier molecular flexibility index (Phi) is 6.39. The summed E-state index contributed by atoms with van der Waals surface area (Å²) in [5, 5.41) is 37.4. The van der Waals surface area contributed by atoms with Crippen molar-refractivity contribution in [2.24, 2.45) is 0 Å². The van der Waals surface area contributed by atoms with Gasteiger partial charge < -0.3 is 29.9 Å². The molecule has 25 heavy (non-hydrogen) atoms. The van der Waals surface area contributed by atoms with Crippen LogP contribution in [0.2, 0.25) is 0 Å². The standard InChI is InChI=1S/C19H24O6/c1-19(2,13-3-5-14(6-4-13)24-11-22)17-7-8-18(25-12-23)16(10-21)15(17)9-20/h3-8,20-23H,9-12H2,1-2H3. The molecular formula is C19H24O6. The van der Waals surface area contributed by atoms with Crippen LogP contribution in [0.4, 0.5) is 0 Å². The Morgan fingerprint density at radius 2 is 1.36 bits per heavy atom. The highest BCUT2D eigenvalue weighted by atomic mass is 16.6. The van der Waals surface area contributed by atoms with Gasteiger partial charge in [-0.1, -0.05) is 32.0 Å². The molecule has 6 heteroatoms. The summed E-state index contributed by atoms with van der Waals surface area (Å²) in [6, 6.07) is 10.8. The van der Waals surface area contributed by atoms with Gasteiger partial charge in [-0.2, -0.15) is 0 Å². The van der Waals surface area contributed by atoms with Crippen LogP contribution in [-0.4, -0.2) is 34.0 Å². The summed E-state index contributed by atoms with van der Waals surface area (Å²) in [7, 11) is 0. The Balaban J connectivity index is 2.50. The Bertz CT molecular complexity index is 694. The summed E-state index contributed by atoms with van der Waals surface area (Å²) in [5.41, 5.74) is 2.40. The first-order valence-electron chi connectivity index (χ1n) is 7.94. The first-order chi connectivity index (χ1) is 12.0. The highest BCUT2D eigenvalue weighted by Gasteiger charge is 2.28. The van der Waals surface area contributed by atoms with Crippen LogP contribution in [-0.2, 0) is 18.6 Å². The molecule has 0 saturated heterocycles. The quantitative estimate of drug-likeness (QED) is 0.542. The van der Waals surface area contributed by atoms with Gasteiger partial charge in [-0.3, -0.25) is 0 Å². The number of hydrogen-bond donors (Lipinski definition) is 4. The van der Waals surface area contributed by atoms with Crippen LogP contribution in [0.1, 0.15) is 36.1 Å². The molecule has 6 nitrogen and oxygen atoms in total. The van der Waals surface area contributed by atoms with E-state index in [1.54, 1.807) is 18.2 Å². The summed E-state index contributed by atoms with van der Waals surface area (Å²) in [4.78, 5) is 0. The second-order valence-electron chi connectivity index (χ2n) is 6.08. The maximum absolute atomic E-state index is 9.87. The largest absolute Gasteiger partial charge is 0.468 e. The van der Waals surface area contributed by atoms with Gasteiger partial charge in [-0.15, -0.1) is 0 Å². The maximum Gasteiger partial charge on any atom is 0.186 e. The Labute approximate surface area is 146 Å². The third-order valence-corrected chi connectivity index (χ3v) is 4.41. The van der Waals surface area contributed by atoms with E-state index in [0.717, 1.165) is 11.1 Å². The van der Waals surface area contributed by atoms with Crippen molar-refractivity contribution in [3.8, 4) is 11.5 Å². The molecule has 136 valence electrons. The molecule has 0 radical (unpaired) electrons. The lowest BCUT2D eigenvalue weighted by Crippen LogP contribution is -2.22. The van der Waals surface area contributed by atoms with Gasteiger partial charge in [0.2, 0.25) is 0 Å². The van der Waals surface area contributed by atoms with Gasteiger partial charge in [0.25, 0.3) is 0 Å². The molecule has 4 N–H and O–H groups in total. The van der Waals surface area contributed by atoms with Crippen LogP contribution in [0.25, 0.3) is 0 Å². The highest BCUT2D eigenvalue weighted by Crippen LogP contribution is 2.38. The van der Waals surface area contributed by atoms with Crippen molar-refractivity contribution in [3.63, 3.8) is 0 Å². The zero-order valence-electron chi connectivity index (χ0n) is 14.4. The molecule has 0 fully saturated rings. The average molecular weight is 348 g/mol. The summed E-state index contributed by atoms with van der Waals surface area (Å²) < 4.78 is 10.2. The molecule has 2 rings (SSSR count). The van der Waals surface area contributed by atoms with E-state index in [4.69, 9.17) is 19.7 Å². The fourth-order valence-corrected chi connectivity index (χ4v) is 3.01. The smallest absolute Gasteiger partial charge is 0.186 e. The lowest BCUT2D eigenvalue weighted by atomic mass is 9.75. The zero-order chi connectivity index (χ0) is 18.4. The third kappa shape index (κ3) is 3.93. The maximum atomic E-state index is 9.87. The van der Waals surface area contributed by atoms with Crippen LogP contribution in [0, 0.1) is 0 Å². The van der Waals surface area contributed by atoms with Crippen LogP contribution in [0.5, 0.6) is 11.5 Å². The first kappa shape index (κ1) is 19.2. The van der Waals surface area contributed by atoms with Crippen LogP contribution >= 0.6 is 0 Å². The van der Waals surface area contributed by atoms with E-state index in [9.17, 15) is 10.2 Å². The average Bonchev–Trinajstić information content (AvgIpc) is 2.62. The molecule has 0 saturated carbocycles. The van der Waals surface area contributed by atoms with Gasteiger partial charge in [0, 0.05) is 11.0 Å². The predicted octanol–water partition coefficient (Wildman–Crippen LogP) is 1.65. The fourth-order valence-electron chi connectivity index (χ4n) is 3.01. The second kappa shape index (κ2) is 8.31. The van der Waals surface area contributed by atoms with E-state index >= 15 is 0 Å². The predicted molar refractivity (Wildman–Crippen MR) is 92.3 cm³/mol. The molecule has 0 aliphatic heterocycles. The van der Waals surface area contributed by atoms with Crippen molar-refractivity contribution in [1.29, 1.82) is 0 Å². The topological polar surface area (TPSA) is 99.4 Å². The van der Waals surface area contributed by atoms with Crippen molar-refractivity contribution in [3.05, 3.63) is 58.7 Å². The summed E-state index contributed by atoms with van der Waals surface area (Å²) in [6.07, 6.45) is 0. The SMILES string of the molecule is CC(C)(c1ccc(OCO)cc1)c1ccc(OCO)c(CO)c1CO. The van der Waals surface area contributed by atoms with Crippen LogP contribution in [0.15, 0.2) is 36.4 Å². The van der Waals surface area contributed by atoms with Crippen molar-refractivity contribution in [1.82, 2.24) is 0 Å². The van der Waals surface area contributed by atoms with E-state index in [0.29, 0.717) is 22.6 Å². The number of aliphatic hydroxyl groups excluding tert-OH is 4. The van der Waals surface area contributed by atoms with Gasteiger partial charge in [0.1, 0.15) is 11.5 Å². The fraction of sp³-hybridized carbons (Fsp3) is 0.368. The Hall–Kier alpha value is -2.12. The molecule has 0 bridgehead atoms. The molecule has 0 heterocycles. The van der Waals surface area contributed by atoms with E-state index in [-0.39, 0.29) is 20.0 Å². The molecule has 2 aromatic carbocycles. The zero-order valence-corrected chi connectivity index (χ0v) is 14.4. The lowest BCUT2D eigenvalue weighted by molar-refractivity contribution is 0.0954. The van der Waals surface area contributed by atoms with Crippen molar-refractivity contribution < 1.29 is 29.9 Å². The first-order valence-corrected chi connectivity index (χ1v) is 7.94. The molecular weight excluding hydrogens is 324 g/mol. The van der Waals surface area contributed by atoms with Crippen molar-refractivity contribution >= 4 is 0 Å². The van der Waals surface area contributed by atoms with Gasteiger partial charge in [-0.05, 0) is 34.9 Å². The van der Waals surface area contributed by atoms with E-state index in [1.807, 2.05) is 32.0 Å². The van der Waals surface area contributed by atoms with Gasteiger partial charge in [0.15, 0.2) is 13.6 Å². The number of aliphatic hydroxyl groups is 4. The molecule has 0 amide bonds. The molecule has 0 spiro atoms. The van der Waals surface area contributed by atoms with Crippen molar-refractivity contribution in [2.45, 2.75) is 32.5 Å². The monoisotopic (exact) mass is 348 g/mol. The third-order valence-electron chi connectivity index (χ3n) is 4.41. The summed E-state index contributed by atoms with van der Waals surface area (Å²) >= 11 is 0. The second-order valence-corrected chi connectivity index (χ2v) is 6.08. The molecule has 0 aromatic heterocycles. The van der Waals surface area contributed by atoms with Gasteiger partial charge in [0.05, 0.1) is 13.2 Å². The number of ether oxygens (including phenoxy) is 2. The number of hydrogen-bond acceptors (Lipinski definition) is 6.